The van der Waals surface area contributed by atoms with E-state index in [9.17, 15) is 0 Å². The minimum Gasteiger partial charge on any atom is -0.307 e. The molecule has 1 unspecified atom stereocenters. The van der Waals surface area contributed by atoms with Gasteiger partial charge in [-0.05, 0) is 70.4 Å². The van der Waals surface area contributed by atoms with Crippen LogP contribution < -0.4 is 5.32 Å². The Morgan fingerprint density at radius 3 is 2.32 bits per heavy atom. The molecule has 0 saturated carbocycles. The maximum atomic E-state index is 3.77. The van der Waals surface area contributed by atoms with Crippen molar-refractivity contribution < 1.29 is 0 Å². The van der Waals surface area contributed by atoms with Crippen LogP contribution in [0, 0.1) is 5.92 Å². The number of hydrogen-bond acceptors (Lipinski definition) is 2. The van der Waals surface area contributed by atoms with Crippen LogP contribution in [-0.2, 0) is 0 Å². The molecule has 1 aromatic carbocycles. The summed E-state index contributed by atoms with van der Waals surface area (Å²) in [6.07, 6.45) is 2.63. The first-order valence-corrected chi connectivity index (χ1v) is 8.05. The molecular formula is C16H25BrN2. The van der Waals surface area contributed by atoms with E-state index >= 15 is 0 Å². The van der Waals surface area contributed by atoms with Crippen LogP contribution in [0.25, 0.3) is 0 Å². The molecule has 1 heterocycles. The molecule has 2 nitrogen and oxygen atoms in total. The second kappa shape index (κ2) is 6.87. The van der Waals surface area contributed by atoms with Crippen molar-refractivity contribution in [2.24, 2.45) is 5.92 Å². The van der Waals surface area contributed by atoms with E-state index < -0.39 is 0 Å². The normalized spacial score (nSPS) is 21.3. The van der Waals surface area contributed by atoms with Crippen LogP contribution in [0.4, 0.5) is 0 Å². The second-order valence-electron chi connectivity index (χ2n) is 5.87. The van der Waals surface area contributed by atoms with Gasteiger partial charge < -0.3 is 10.2 Å². The lowest BCUT2D eigenvalue weighted by Gasteiger charge is -2.34. The van der Waals surface area contributed by atoms with Gasteiger partial charge in [-0.2, -0.15) is 0 Å². The van der Waals surface area contributed by atoms with Gasteiger partial charge in [0.2, 0.25) is 0 Å². The van der Waals surface area contributed by atoms with Crippen molar-refractivity contribution in [3.8, 4) is 0 Å². The first-order valence-electron chi connectivity index (χ1n) is 7.26. The molecule has 0 radical (unpaired) electrons. The van der Waals surface area contributed by atoms with Crippen LogP contribution in [0.5, 0.6) is 0 Å². The molecule has 0 aromatic heterocycles. The third kappa shape index (κ3) is 4.30. The van der Waals surface area contributed by atoms with E-state index in [4.69, 9.17) is 0 Å². The Balaban J connectivity index is 1.87. The third-order valence-electron chi connectivity index (χ3n) is 4.35. The first kappa shape index (κ1) is 15.0. The predicted octanol–water partition coefficient (Wildman–Crippen LogP) is 3.83. The summed E-state index contributed by atoms with van der Waals surface area (Å²) in [6.45, 7) is 7.08. The summed E-state index contributed by atoms with van der Waals surface area (Å²) >= 11 is 3.49. The number of hydrogen-bond donors (Lipinski definition) is 1. The van der Waals surface area contributed by atoms with Gasteiger partial charge in [0, 0.05) is 16.6 Å². The van der Waals surface area contributed by atoms with Crippen molar-refractivity contribution in [3.63, 3.8) is 0 Å². The number of nitrogens with zero attached hydrogens (tertiary/aromatic N) is 1. The lowest BCUT2D eigenvalue weighted by Crippen LogP contribution is -2.41. The van der Waals surface area contributed by atoms with E-state index in [0.29, 0.717) is 12.1 Å². The maximum absolute atomic E-state index is 3.77. The van der Waals surface area contributed by atoms with E-state index in [-0.39, 0.29) is 0 Å². The summed E-state index contributed by atoms with van der Waals surface area (Å²) in [5.74, 6) is 0.814. The average Bonchev–Trinajstić information content (AvgIpc) is 2.40. The van der Waals surface area contributed by atoms with Gasteiger partial charge in [-0.25, -0.2) is 0 Å². The minimum atomic E-state index is 0.419. The predicted molar refractivity (Wildman–Crippen MR) is 85.4 cm³/mol. The van der Waals surface area contributed by atoms with E-state index in [1.54, 1.807) is 0 Å². The molecule has 1 aliphatic heterocycles. The molecule has 1 saturated heterocycles. The highest BCUT2D eigenvalue weighted by molar-refractivity contribution is 9.10. The Hall–Kier alpha value is -0.380. The van der Waals surface area contributed by atoms with Crippen LogP contribution in [-0.4, -0.2) is 31.1 Å². The van der Waals surface area contributed by atoms with Gasteiger partial charge in [-0.1, -0.05) is 28.1 Å². The highest BCUT2D eigenvalue weighted by Gasteiger charge is 2.23. The molecule has 2 atom stereocenters. The molecule has 3 heteroatoms. The summed E-state index contributed by atoms with van der Waals surface area (Å²) in [5, 5.41) is 3.77. The average molecular weight is 325 g/mol. The molecule has 106 valence electrons. The van der Waals surface area contributed by atoms with Crippen molar-refractivity contribution in [2.45, 2.75) is 38.8 Å². The van der Waals surface area contributed by atoms with Gasteiger partial charge in [0.25, 0.3) is 0 Å². The zero-order valence-corrected chi connectivity index (χ0v) is 13.8. The molecule has 0 bridgehead atoms. The zero-order valence-electron chi connectivity index (χ0n) is 12.2. The Kier molecular flexibility index (Phi) is 5.43. The molecule has 19 heavy (non-hydrogen) atoms. The van der Waals surface area contributed by atoms with E-state index in [2.05, 4.69) is 71.3 Å². The first-order chi connectivity index (χ1) is 9.06. The number of benzene rings is 1. The highest BCUT2D eigenvalue weighted by Crippen LogP contribution is 2.23. The highest BCUT2D eigenvalue weighted by atomic mass is 79.9. The standard InChI is InChI=1S/C16H25BrN2/c1-12(14-4-6-16(17)7-5-14)18-13(2)15-8-10-19(3)11-9-15/h4-7,12-13,15,18H,8-11H2,1-3H3/t12-,13?/m1/s1. The molecule has 0 aliphatic carbocycles. The molecule has 1 aliphatic rings. The number of halogens is 1. The Bertz CT molecular complexity index is 382. The lowest BCUT2D eigenvalue weighted by molar-refractivity contribution is 0.185. The van der Waals surface area contributed by atoms with Crippen LogP contribution in [0.3, 0.4) is 0 Å². The minimum absolute atomic E-state index is 0.419. The molecule has 2 rings (SSSR count). The number of piperidine rings is 1. The second-order valence-corrected chi connectivity index (χ2v) is 6.78. The van der Waals surface area contributed by atoms with Gasteiger partial charge in [0.05, 0.1) is 0 Å². The summed E-state index contributed by atoms with van der Waals surface area (Å²) in [4.78, 5) is 2.43. The van der Waals surface area contributed by atoms with Gasteiger partial charge in [-0.3, -0.25) is 0 Å². The molecule has 1 N–H and O–H groups in total. The topological polar surface area (TPSA) is 15.3 Å². The smallest absolute Gasteiger partial charge is 0.0294 e. The van der Waals surface area contributed by atoms with Gasteiger partial charge in [0.1, 0.15) is 0 Å². The van der Waals surface area contributed by atoms with Crippen molar-refractivity contribution in [1.82, 2.24) is 10.2 Å². The fraction of sp³-hybridized carbons (Fsp3) is 0.625. The number of rotatable bonds is 4. The Labute approximate surface area is 125 Å². The van der Waals surface area contributed by atoms with E-state index in [0.717, 1.165) is 10.4 Å². The fourth-order valence-corrected chi connectivity index (χ4v) is 3.17. The lowest BCUT2D eigenvalue weighted by atomic mass is 9.90. The van der Waals surface area contributed by atoms with E-state index in [1.165, 1.54) is 31.5 Å². The number of nitrogens with one attached hydrogen (secondary N) is 1. The molecule has 1 aromatic rings. The summed E-state index contributed by atoms with van der Waals surface area (Å²) < 4.78 is 1.15. The van der Waals surface area contributed by atoms with Crippen molar-refractivity contribution >= 4 is 15.9 Å². The van der Waals surface area contributed by atoms with Gasteiger partial charge in [-0.15, -0.1) is 0 Å². The molecular weight excluding hydrogens is 300 g/mol. The Morgan fingerprint density at radius 1 is 1.16 bits per heavy atom. The Morgan fingerprint density at radius 2 is 1.74 bits per heavy atom. The van der Waals surface area contributed by atoms with Crippen LogP contribution in [0.1, 0.15) is 38.3 Å². The molecule has 0 spiro atoms. The van der Waals surface area contributed by atoms with Crippen LogP contribution >= 0.6 is 15.9 Å². The fourth-order valence-electron chi connectivity index (χ4n) is 2.91. The number of likely N-dealkylation sites (tertiary alicyclic amines) is 1. The molecule has 0 amide bonds. The third-order valence-corrected chi connectivity index (χ3v) is 4.88. The van der Waals surface area contributed by atoms with Gasteiger partial charge in [0.15, 0.2) is 0 Å². The van der Waals surface area contributed by atoms with Crippen LogP contribution in [0.15, 0.2) is 28.7 Å². The summed E-state index contributed by atoms with van der Waals surface area (Å²) in [6, 6.07) is 9.64. The van der Waals surface area contributed by atoms with Crippen molar-refractivity contribution in [3.05, 3.63) is 34.3 Å². The van der Waals surface area contributed by atoms with E-state index in [1.807, 2.05) is 0 Å². The summed E-state index contributed by atoms with van der Waals surface area (Å²) in [7, 11) is 2.22. The maximum Gasteiger partial charge on any atom is 0.0294 e. The SMILES string of the molecule is CC(N[C@H](C)c1ccc(Br)cc1)C1CCN(C)CC1. The van der Waals surface area contributed by atoms with Gasteiger partial charge >= 0.3 is 0 Å². The van der Waals surface area contributed by atoms with Crippen LogP contribution in [0.2, 0.25) is 0 Å². The van der Waals surface area contributed by atoms with Crippen molar-refractivity contribution in [2.75, 3.05) is 20.1 Å². The quantitative estimate of drug-likeness (QED) is 0.905. The largest absolute Gasteiger partial charge is 0.307 e. The summed E-state index contributed by atoms with van der Waals surface area (Å²) in [5.41, 5.74) is 1.36. The molecule has 1 fully saturated rings. The van der Waals surface area contributed by atoms with Crippen molar-refractivity contribution in [1.29, 1.82) is 0 Å². The monoisotopic (exact) mass is 324 g/mol. The zero-order chi connectivity index (χ0) is 13.8.